The average Bonchev–Trinajstić information content (AvgIpc) is 3.07. The summed E-state index contributed by atoms with van der Waals surface area (Å²) >= 11 is 1.79. The fraction of sp³-hybridized carbons (Fsp3) is 0.412. The van der Waals surface area contributed by atoms with Crippen molar-refractivity contribution >= 4 is 23.1 Å². The molecule has 0 aliphatic carbocycles. The summed E-state index contributed by atoms with van der Waals surface area (Å²) in [7, 11) is 0. The van der Waals surface area contributed by atoms with Gasteiger partial charge in [-0.3, -0.25) is 4.79 Å². The highest BCUT2D eigenvalue weighted by Crippen LogP contribution is 2.24. The molecule has 5 heteroatoms. The number of thiophene rings is 1. The minimum Gasteiger partial charge on any atom is -0.384 e. The molecule has 4 nitrogen and oxygen atoms in total. The number of amides is 1. The van der Waals surface area contributed by atoms with Gasteiger partial charge in [0.25, 0.3) is 5.91 Å². The third kappa shape index (κ3) is 3.47. The summed E-state index contributed by atoms with van der Waals surface area (Å²) in [6, 6.07) is 8.06. The van der Waals surface area contributed by atoms with Crippen molar-refractivity contribution in [2.24, 2.45) is 0 Å². The number of nitrogens with zero attached hydrogens (tertiary/aromatic N) is 2. The summed E-state index contributed by atoms with van der Waals surface area (Å²) in [5, 5.41) is 2.11. The Labute approximate surface area is 135 Å². The Morgan fingerprint density at radius 2 is 2.27 bits per heavy atom. The number of nitrogen functional groups attached to an aromatic ring is 1. The zero-order valence-corrected chi connectivity index (χ0v) is 13.4. The van der Waals surface area contributed by atoms with Gasteiger partial charge in [0.1, 0.15) is 5.82 Å². The van der Waals surface area contributed by atoms with Crippen molar-refractivity contribution in [3.63, 3.8) is 0 Å². The van der Waals surface area contributed by atoms with Crippen molar-refractivity contribution in [3.8, 4) is 0 Å². The van der Waals surface area contributed by atoms with Crippen LogP contribution in [0.2, 0.25) is 0 Å². The van der Waals surface area contributed by atoms with E-state index >= 15 is 0 Å². The molecule has 1 aliphatic rings. The molecule has 1 unspecified atom stereocenters. The Hall–Kier alpha value is -1.88. The fourth-order valence-electron chi connectivity index (χ4n) is 3.03. The fourth-order valence-corrected chi connectivity index (χ4v) is 3.75. The number of likely N-dealkylation sites (tertiary alicyclic amines) is 1. The van der Waals surface area contributed by atoms with E-state index in [-0.39, 0.29) is 5.91 Å². The maximum Gasteiger partial charge on any atom is 0.255 e. The number of nitrogens with two attached hydrogens (primary N) is 1. The number of anilines is 1. The monoisotopic (exact) mass is 315 g/mol. The number of pyridine rings is 1. The van der Waals surface area contributed by atoms with E-state index in [2.05, 4.69) is 22.5 Å². The van der Waals surface area contributed by atoms with Gasteiger partial charge in [-0.25, -0.2) is 4.98 Å². The number of piperidine rings is 1. The molecule has 1 saturated heterocycles. The lowest BCUT2D eigenvalue weighted by molar-refractivity contribution is 0.0602. The Kier molecular flexibility index (Phi) is 4.73. The van der Waals surface area contributed by atoms with Gasteiger partial charge in [0.05, 0.1) is 5.56 Å². The Balaban J connectivity index is 1.68. The van der Waals surface area contributed by atoms with E-state index in [1.165, 1.54) is 11.3 Å². The zero-order chi connectivity index (χ0) is 15.4. The van der Waals surface area contributed by atoms with E-state index in [1.807, 2.05) is 4.90 Å². The quantitative estimate of drug-likeness (QED) is 0.941. The molecule has 1 aliphatic heterocycles. The van der Waals surface area contributed by atoms with Crippen molar-refractivity contribution in [1.29, 1.82) is 0 Å². The Morgan fingerprint density at radius 1 is 1.36 bits per heavy atom. The first-order valence-corrected chi connectivity index (χ1v) is 8.67. The maximum absolute atomic E-state index is 12.7. The number of hydrogen-bond donors (Lipinski definition) is 1. The van der Waals surface area contributed by atoms with Gasteiger partial charge in [-0.05, 0) is 55.7 Å². The Bertz CT molecular complexity index is 609. The molecule has 0 aromatic carbocycles. The highest BCUT2D eigenvalue weighted by Gasteiger charge is 2.27. The van der Waals surface area contributed by atoms with Gasteiger partial charge >= 0.3 is 0 Å². The van der Waals surface area contributed by atoms with Crippen LogP contribution in [0.15, 0.2) is 35.8 Å². The molecule has 1 amide bonds. The predicted octanol–water partition coefficient (Wildman–Crippen LogP) is 3.35. The minimum atomic E-state index is 0.0865. The average molecular weight is 315 g/mol. The normalized spacial score (nSPS) is 18.4. The molecule has 2 aromatic rings. The van der Waals surface area contributed by atoms with Gasteiger partial charge in [0, 0.05) is 23.7 Å². The first-order chi connectivity index (χ1) is 10.7. The van der Waals surface area contributed by atoms with Crippen LogP contribution in [0.4, 0.5) is 5.82 Å². The van der Waals surface area contributed by atoms with Gasteiger partial charge in [-0.1, -0.05) is 6.07 Å². The maximum atomic E-state index is 12.7. The van der Waals surface area contributed by atoms with E-state index in [4.69, 9.17) is 5.73 Å². The molecule has 1 fully saturated rings. The number of aromatic nitrogens is 1. The van der Waals surface area contributed by atoms with Crippen LogP contribution in [0.3, 0.4) is 0 Å². The second kappa shape index (κ2) is 6.92. The molecule has 2 aromatic heterocycles. The first-order valence-electron chi connectivity index (χ1n) is 7.79. The van der Waals surface area contributed by atoms with Crippen molar-refractivity contribution in [1.82, 2.24) is 9.88 Å². The molecular formula is C17H21N3OS. The number of rotatable bonds is 4. The second-order valence-corrected chi connectivity index (χ2v) is 6.77. The Morgan fingerprint density at radius 3 is 3.00 bits per heavy atom. The van der Waals surface area contributed by atoms with Gasteiger partial charge in [0.2, 0.25) is 0 Å². The largest absolute Gasteiger partial charge is 0.384 e. The smallest absolute Gasteiger partial charge is 0.255 e. The number of carbonyl (C=O) groups is 1. The number of aryl methyl sites for hydroxylation is 1. The summed E-state index contributed by atoms with van der Waals surface area (Å²) in [5.74, 6) is 0.535. The van der Waals surface area contributed by atoms with Crippen molar-refractivity contribution in [2.45, 2.75) is 38.1 Å². The topological polar surface area (TPSA) is 59.2 Å². The lowest BCUT2D eigenvalue weighted by Gasteiger charge is -2.36. The molecule has 1 atom stereocenters. The lowest BCUT2D eigenvalue weighted by atomic mass is 9.96. The van der Waals surface area contributed by atoms with Gasteiger partial charge in [0.15, 0.2) is 0 Å². The predicted molar refractivity (Wildman–Crippen MR) is 90.0 cm³/mol. The van der Waals surface area contributed by atoms with E-state index in [9.17, 15) is 4.79 Å². The van der Waals surface area contributed by atoms with Crippen LogP contribution in [0.1, 0.15) is 40.9 Å². The van der Waals surface area contributed by atoms with Crippen molar-refractivity contribution in [3.05, 3.63) is 46.3 Å². The molecule has 3 heterocycles. The van der Waals surface area contributed by atoms with Gasteiger partial charge in [-0.15, -0.1) is 11.3 Å². The summed E-state index contributed by atoms with van der Waals surface area (Å²) in [6.45, 7) is 0.846. The number of carbonyl (C=O) groups excluding carboxylic acids is 1. The zero-order valence-electron chi connectivity index (χ0n) is 12.6. The van der Waals surface area contributed by atoms with Crippen molar-refractivity contribution < 1.29 is 4.79 Å². The van der Waals surface area contributed by atoms with Crippen LogP contribution in [0, 0.1) is 0 Å². The third-order valence-corrected chi connectivity index (χ3v) is 5.16. The van der Waals surface area contributed by atoms with Crippen LogP contribution in [-0.2, 0) is 6.42 Å². The van der Waals surface area contributed by atoms with Crippen LogP contribution in [0.25, 0.3) is 0 Å². The highest BCUT2D eigenvalue weighted by atomic mass is 32.1. The molecular weight excluding hydrogens is 294 g/mol. The first kappa shape index (κ1) is 15.0. The van der Waals surface area contributed by atoms with Gasteiger partial charge in [-0.2, -0.15) is 0 Å². The molecule has 116 valence electrons. The summed E-state index contributed by atoms with van der Waals surface area (Å²) in [6.07, 6.45) is 7.06. The summed E-state index contributed by atoms with van der Waals surface area (Å²) in [5.41, 5.74) is 6.24. The molecule has 0 bridgehead atoms. The molecule has 0 saturated carbocycles. The SMILES string of the molecule is Nc1ccc(C(=O)N2CCCCC2CCc2cccs2)cn1. The molecule has 3 rings (SSSR count). The lowest BCUT2D eigenvalue weighted by Crippen LogP contribution is -2.44. The minimum absolute atomic E-state index is 0.0865. The highest BCUT2D eigenvalue weighted by molar-refractivity contribution is 7.09. The molecule has 22 heavy (non-hydrogen) atoms. The standard InChI is InChI=1S/C17H21N3OS/c18-16-9-6-13(12-19-16)17(21)20-10-2-1-4-14(20)7-8-15-5-3-11-22-15/h3,5-6,9,11-12,14H,1-2,4,7-8,10H2,(H2,18,19). The molecule has 0 radical (unpaired) electrons. The van der Waals surface area contributed by atoms with E-state index in [1.54, 1.807) is 29.7 Å². The van der Waals surface area contributed by atoms with E-state index < -0.39 is 0 Å². The van der Waals surface area contributed by atoms with E-state index in [0.717, 1.165) is 32.2 Å². The van der Waals surface area contributed by atoms with Crippen LogP contribution < -0.4 is 5.73 Å². The van der Waals surface area contributed by atoms with Crippen LogP contribution >= 0.6 is 11.3 Å². The summed E-state index contributed by atoms with van der Waals surface area (Å²) in [4.78, 5) is 20.2. The van der Waals surface area contributed by atoms with Crippen LogP contribution in [0.5, 0.6) is 0 Å². The van der Waals surface area contributed by atoms with E-state index in [0.29, 0.717) is 17.4 Å². The molecule has 0 spiro atoms. The summed E-state index contributed by atoms with van der Waals surface area (Å²) < 4.78 is 0. The van der Waals surface area contributed by atoms with Crippen LogP contribution in [-0.4, -0.2) is 28.4 Å². The third-order valence-electron chi connectivity index (χ3n) is 4.23. The second-order valence-electron chi connectivity index (χ2n) is 5.74. The van der Waals surface area contributed by atoms with Gasteiger partial charge < -0.3 is 10.6 Å². The molecule has 2 N–H and O–H groups in total. The van der Waals surface area contributed by atoms with Crippen molar-refractivity contribution in [2.75, 3.05) is 12.3 Å². The number of hydrogen-bond acceptors (Lipinski definition) is 4.